The van der Waals surface area contributed by atoms with Gasteiger partial charge in [-0.3, -0.25) is 19.1 Å². The highest BCUT2D eigenvalue weighted by molar-refractivity contribution is 6.41. The Kier molecular flexibility index (Phi) is 6.54. The monoisotopic (exact) mass is 495 g/mol. The van der Waals surface area contributed by atoms with Gasteiger partial charge in [0.15, 0.2) is 0 Å². The van der Waals surface area contributed by atoms with Gasteiger partial charge in [0.2, 0.25) is 0 Å². The molecule has 0 radical (unpaired) electrons. The molecule has 0 saturated heterocycles. The van der Waals surface area contributed by atoms with Crippen molar-refractivity contribution >= 4 is 46.4 Å². The van der Waals surface area contributed by atoms with Gasteiger partial charge in [-0.15, -0.1) is 0 Å². The first-order chi connectivity index (χ1) is 16.3. The number of carbonyl (C=O) groups is 2. The summed E-state index contributed by atoms with van der Waals surface area (Å²) in [4.78, 5) is 42.4. The summed E-state index contributed by atoms with van der Waals surface area (Å²) in [6.45, 7) is 1.75. The molecule has 2 amide bonds. The maximum atomic E-state index is 13.0. The Hall–Kier alpha value is -3.88. The van der Waals surface area contributed by atoms with Crippen LogP contribution in [0.15, 0.2) is 71.7 Å². The number of pyridine rings is 1. The van der Waals surface area contributed by atoms with Crippen LogP contribution in [0.1, 0.15) is 26.4 Å². The van der Waals surface area contributed by atoms with Crippen molar-refractivity contribution in [3.8, 4) is 5.69 Å². The van der Waals surface area contributed by atoms with Gasteiger partial charge in [-0.05, 0) is 43.3 Å². The average Bonchev–Trinajstić information content (AvgIpc) is 3.04. The average molecular weight is 496 g/mol. The van der Waals surface area contributed by atoms with E-state index in [9.17, 15) is 14.4 Å². The molecule has 0 fully saturated rings. The SMILES string of the molecule is Cc1c(NC(=O)c2cccc(NC(=O)c3cnc(Cl)c(Cl)c3)c2)c(=O)n(-c2ccccc2)n1C. The van der Waals surface area contributed by atoms with Gasteiger partial charge < -0.3 is 10.6 Å². The summed E-state index contributed by atoms with van der Waals surface area (Å²) in [6.07, 6.45) is 1.30. The normalized spacial score (nSPS) is 10.7. The standard InChI is InChI=1S/C24H19Cl2N5O3/c1-14-20(24(34)31(30(14)2)18-9-4-3-5-10-18)29-22(32)15-7-6-8-17(11-15)28-23(33)16-12-19(25)21(26)27-13-16/h3-13H,1-2H3,(H,28,33)(H,29,32). The molecule has 8 nitrogen and oxygen atoms in total. The Morgan fingerprint density at radius 2 is 1.62 bits per heavy atom. The fourth-order valence-electron chi connectivity index (χ4n) is 3.38. The molecule has 2 aromatic heterocycles. The van der Waals surface area contributed by atoms with E-state index in [0.29, 0.717) is 17.1 Å². The molecular weight excluding hydrogens is 477 g/mol. The predicted octanol–water partition coefficient (Wildman–Crippen LogP) is 4.69. The number of nitrogens with zero attached hydrogens (tertiary/aromatic N) is 3. The Labute approximate surface area is 204 Å². The highest BCUT2D eigenvalue weighted by atomic mass is 35.5. The third kappa shape index (κ3) is 4.59. The van der Waals surface area contributed by atoms with E-state index in [1.807, 2.05) is 30.3 Å². The van der Waals surface area contributed by atoms with E-state index in [4.69, 9.17) is 23.2 Å². The van der Waals surface area contributed by atoms with Crippen molar-refractivity contribution in [1.29, 1.82) is 0 Å². The molecule has 0 saturated carbocycles. The topological polar surface area (TPSA) is 98.0 Å². The fraction of sp³-hybridized carbons (Fsp3) is 0.0833. The van der Waals surface area contributed by atoms with E-state index in [1.165, 1.54) is 23.0 Å². The van der Waals surface area contributed by atoms with Gasteiger partial charge in [-0.25, -0.2) is 9.67 Å². The minimum Gasteiger partial charge on any atom is -0.322 e. The number of para-hydroxylation sites is 1. The van der Waals surface area contributed by atoms with Gasteiger partial charge in [0.1, 0.15) is 10.8 Å². The molecule has 0 atom stereocenters. The molecule has 34 heavy (non-hydrogen) atoms. The first-order valence-electron chi connectivity index (χ1n) is 10.1. The molecular formula is C24H19Cl2N5O3. The van der Waals surface area contributed by atoms with Crippen molar-refractivity contribution in [2.45, 2.75) is 6.92 Å². The van der Waals surface area contributed by atoms with Crippen LogP contribution in [-0.4, -0.2) is 26.2 Å². The second-order valence-electron chi connectivity index (χ2n) is 7.42. The smallest absolute Gasteiger partial charge is 0.295 e. The van der Waals surface area contributed by atoms with Crippen molar-refractivity contribution in [3.63, 3.8) is 0 Å². The lowest BCUT2D eigenvalue weighted by atomic mass is 10.1. The number of hydrogen-bond donors (Lipinski definition) is 2. The summed E-state index contributed by atoms with van der Waals surface area (Å²) < 4.78 is 3.15. The summed E-state index contributed by atoms with van der Waals surface area (Å²) in [5.74, 6) is -0.952. The fourth-order valence-corrected chi connectivity index (χ4v) is 3.65. The molecule has 172 valence electrons. The van der Waals surface area contributed by atoms with E-state index < -0.39 is 11.8 Å². The number of nitrogens with one attached hydrogen (secondary N) is 2. The number of rotatable bonds is 5. The van der Waals surface area contributed by atoms with Crippen LogP contribution in [0.4, 0.5) is 11.4 Å². The molecule has 0 aliphatic rings. The van der Waals surface area contributed by atoms with E-state index >= 15 is 0 Å². The molecule has 0 aliphatic heterocycles. The summed E-state index contributed by atoms with van der Waals surface area (Å²) in [5.41, 5.74) is 1.96. The second-order valence-corrected chi connectivity index (χ2v) is 8.19. The minimum atomic E-state index is -0.488. The van der Waals surface area contributed by atoms with E-state index in [-0.39, 0.29) is 32.5 Å². The van der Waals surface area contributed by atoms with E-state index in [0.717, 1.165) is 0 Å². The zero-order chi connectivity index (χ0) is 24.4. The number of carbonyl (C=O) groups excluding carboxylic acids is 2. The number of benzene rings is 2. The second kappa shape index (κ2) is 9.54. The van der Waals surface area contributed by atoms with E-state index in [2.05, 4.69) is 15.6 Å². The highest BCUT2D eigenvalue weighted by Crippen LogP contribution is 2.21. The predicted molar refractivity (Wildman–Crippen MR) is 132 cm³/mol. The number of aromatic nitrogens is 3. The Bertz CT molecular complexity index is 1460. The molecule has 4 rings (SSSR count). The molecule has 0 bridgehead atoms. The zero-order valence-electron chi connectivity index (χ0n) is 18.2. The van der Waals surface area contributed by atoms with Gasteiger partial charge in [-0.1, -0.05) is 47.5 Å². The number of amides is 2. The first-order valence-corrected chi connectivity index (χ1v) is 10.9. The maximum Gasteiger partial charge on any atom is 0.295 e. The molecule has 2 N–H and O–H groups in total. The molecule has 2 heterocycles. The molecule has 2 aromatic carbocycles. The van der Waals surface area contributed by atoms with Crippen molar-refractivity contribution < 1.29 is 9.59 Å². The lowest BCUT2D eigenvalue weighted by molar-refractivity contribution is 0.101. The van der Waals surface area contributed by atoms with Crippen molar-refractivity contribution in [1.82, 2.24) is 14.3 Å². The molecule has 0 aliphatic carbocycles. The van der Waals surface area contributed by atoms with Gasteiger partial charge in [0.05, 0.1) is 22.0 Å². The summed E-state index contributed by atoms with van der Waals surface area (Å²) >= 11 is 11.7. The third-order valence-electron chi connectivity index (χ3n) is 5.23. The van der Waals surface area contributed by atoms with Crippen LogP contribution in [0, 0.1) is 6.92 Å². The van der Waals surface area contributed by atoms with Crippen LogP contribution < -0.4 is 16.2 Å². The molecule has 0 spiro atoms. The lowest BCUT2D eigenvalue weighted by Gasteiger charge is -2.08. The highest BCUT2D eigenvalue weighted by Gasteiger charge is 2.19. The zero-order valence-corrected chi connectivity index (χ0v) is 19.7. The van der Waals surface area contributed by atoms with Gasteiger partial charge in [0.25, 0.3) is 17.4 Å². The Balaban J connectivity index is 1.56. The summed E-state index contributed by atoms with van der Waals surface area (Å²) in [6, 6.07) is 16.9. The summed E-state index contributed by atoms with van der Waals surface area (Å²) in [7, 11) is 1.74. The van der Waals surface area contributed by atoms with Crippen LogP contribution >= 0.6 is 23.2 Å². The quantitative estimate of drug-likeness (QED) is 0.392. The van der Waals surface area contributed by atoms with Gasteiger partial charge in [0, 0.05) is 24.5 Å². The third-order valence-corrected chi connectivity index (χ3v) is 5.92. The number of hydrogen-bond acceptors (Lipinski definition) is 4. The van der Waals surface area contributed by atoms with Gasteiger partial charge >= 0.3 is 0 Å². The van der Waals surface area contributed by atoms with Crippen LogP contribution in [0.25, 0.3) is 5.69 Å². The number of anilines is 2. The Morgan fingerprint density at radius 3 is 2.32 bits per heavy atom. The summed E-state index contributed by atoms with van der Waals surface area (Å²) in [5, 5.41) is 5.65. The maximum absolute atomic E-state index is 13.0. The lowest BCUT2D eigenvalue weighted by Crippen LogP contribution is -2.23. The molecule has 4 aromatic rings. The molecule has 10 heteroatoms. The Morgan fingerprint density at radius 1 is 0.912 bits per heavy atom. The van der Waals surface area contributed by atoms with Crippen LogP contribution in [0.5, 0.6) is 0 Å². The van der Waals surface area contributed by atoms with Crippen molar-refractivity contribution in [2.75, 3.05) is 10.6 Å². The van der Waals surface area contributed by atoms with Gasteiger partial charge in [-0.2, -0.15) is 0 Å². The van der Waals surface area contributed by atoms with Crippen molar-refractivity contribution in [3.05, 3.63) is 104 Å². The number of halogens is 2. The van der Waals surface area contributed by atoms with Crippen molar-refractivity contribution in [2.24, 2.45) is 7.05 Å². The first kappa shape index (κ1) is 23.3. The van der Waals surface area contributed by atoms with Crippen LogP contribution in [0.2, 0.25) is 10.2 Å². The van der Waals surface area contributed by atoms with Crippen LogP contribution in [0.3, 0.4) is 0 Å². The van der Waals surface area contributed by atoms with E-state index in [1.54, 1.807) is 36.9 Å². The largest absolute Gasteiger partial charge is 0.322 e. The molecule has 0 unspecified atom stereocenters. The van der Waals surface area contributed by atoms with Crippen LogP contribution in [-0.2, 0) is 7.05 Å². The minimum absolute atomic E-state index is 0.0967.